The first-order valence-corrected chi connectivity index (χ1v) is 21.3. The van der Waals surface area contributed by atoms with Gasteiger partial charge in [0.05, 0.1) is 55.1 Å². The second-order valence-corrected chi connectivity index (χ2v) is 17.8. The number of hydrogen-bond acceptors (Lipinski definition) is 10. The summed E-state index contributed by atoms with van der Waals surface area (Å²) in [4.78, 5) is 36.0. The zero-order valence-corrected chi connectivity index (χ0v) is 34.0. The summed E-state index contributed by atoms with van der Waals surface area (Å²) in [5, 5.41) is 21.4. The molecule has 6 heterocycles. The molecule has 10 nitrogen and oxygen atoms in total. The van der Waals surface area contributed by atoms with E-state index in [9.17, 15) is 9.59 Å². The number of nitrogens with zero attached hydrogens (tertiary/aromatic N) is 6. The summed E-state index contributed by atoms with van der Waals surface area (Å²) in [5.74, 6) is -1.02. The van der Waals surface area contributed by atoms with Crippen LogP contribution < -0.4 is 0 Å². The Morgan fingerprint density at radius 3 is 1.41 bits per heavy atom. The van der Waals surface area contributed by atoms with Gasteiger partial charge in [-0.1, -0.05) is 83.9 Å². The predicted molar refractivity (Wildman–Crippen MR) is 232 cm³/mol. The molecular formula is C44H34Cl2N6O4S2. The van der Waals surface area contributed by atoms with E-state index in [1.165, 1.54) is 34.2 Å². The summed E-state index contributed by atoms with van der Waals surface area (Å²) < 4.78 is 11.9. The first-order chi connectivity index (χ1) is 28.2. The van der Waals surface area contributed by atoms with Crippen molar-refractivity contribution in [2.45, 2.75) is 25.9 Å². The van der Waals surface area contributed by atoms with Gasteiger partial charge in [-0.25, -0.2) is 0 Å². The summed E-state index contributed by atoms with van der Waals surface area (Å²) >= 11 is 17.4. The number of likely N-dealkylation sites (tertiary alicyclic amines) is 2. The van der Waals surface area contributed by atoms with Crippen molar-refractivity contribution < 1.29 is 19.8 Å². The Bertz CT molecular complexity index is 2640. The van der Waals surface area contributed by atoms with Gasteiger partial charge in [-0.15, -0.1) is 0 Å². The molecule has 2 N–H and O–H groups in total. The third kappa shape index (κ3) is 6.77. The van der Waals surface area contributed by atoms with Crippen molar-refractivity contribution in [1.82, 2.24) is 18.5 Å². The quantitative estimate of drug-likeness (QED) is 0.118. The fourth-order valence-electron chi connectivity index (χ4n) is 8.44. The number of rotatable bonds is 13. The topological polar surface area (TPSA) is 132 Å². The average Bonchev–Trinajstić information content (AvgIpc) is 3.74. The Morgan fingerprint density at radius 1 is 0.621 bits per heavy atom. The SMILES string of the molecule is O=C(O)CC1CN(Cc2ccc3c(C4=CN=C4c4cccc(-c5cccc(C6=NC=C6c6nsc7cc(CN8CC(CC(=O)O)C8)ccc67)c5Cl)c4Cl)nsc3c2)C1. The van der Waals surface area contributed by atoms with E-state index >= 15 is 0 Å². The van der Waals surface area contributed by atoms with Crippen LogP contribution in [-0.2, 0) is 22.7 Å². The van der Waals surface area contributed by atoms with Gasteiger partial charge in [0.15, 0.2) is 0 Å². The molecule has 4 aromatic carbocycles. The molecule has 14 heteroatoms. The third-order valence-electron chi connectivity index (χ3n) is 11.3. The monoisotopic (exact) mass is 844 g/mol. The molecule has 58 heavy (non-hydrogen) atoms. The highest BCUT2D eigenvalue weighted by Crippen LogP contribution is 2.43. The highest BCUT2D eigenvalue weighted by atomic mass is 35.5. The standard InChI is InChI=1S/C44H34Cl2N6O4S2/c45-39-27(3-1-5-31(39)41-33(15-47-41)43-29-9-7-23(11-35(29)57-49-43)17-51-19-25(20-51)13-37(53)54)28-4-2-6-32(40(28)46)42-34(16-48-42)44-30-10-8-24(12-36(30)58-50-44)18-52-21-26(22-52)14-38(55)56/h1-12,15-16,25-26H,13-14,17-22H2,(H,53,54)(H,55,56). The molecule has 0 unspecified atom stereocenters. The van der Waals surface area contributed by atoms with Crippen molar-refractivity contribution >= 4 is 101 Å². The van der Waals surface area contributed by atoms with Gasteiger partial charge in [0.2, 0.25) is 0 Å². The van der Waals surface area contributed by atoms with Crippen LogP contribution in [0.2, 0.25) is 10.0 Å². The molecular weight excluding hydrogens is 812 g/mol. The van der Waals surface area contributed by atoms with Crippen LogP contribution in [0.1, 0.15) is 46.5 Å². The average molecular weight is 846 g/mol. The fraction of sp³-hybridized carbons (Fsp3) is 0.227. The molecule has 2 fully saturated rings. The molecule has 0 amide bonds. The Kier molecular flexibility index (Phi) is 9.59. The highest BCUT2D eigenvalue weighted by molar-refractivity contribution is 7.13. The molecule has 10 rings (SSSR count). The number of benzene rings is 4. The lowest BCUT2D eigenvalue weighted by molar-refractivity contribution is -0.140. The van der Waals surface area contributed by atoms with Crippen molar-refractivity contribution in [2.75, 3.05) is 26.2 Å². The molecule has 0 saturated carbocycles. The predicted octanol–water partition coefficient (Wildman–Crippen LogP) is 9.38. The Hall–Kier alpha value is -5.08. The number of hydrogen-bond donors (Lipinski definition) is 2. The molecule has 290 valence electrons. The van der Waals surface area contributed by atoms with E-state index in [1.54, 1.807) is 0 Å². The van der Waals surface area contributed by atoms with Crippen LogP contribution in [0.3, 0.4) is 0 Å². The molecule has 0 spiro atoms. The van der Waals surface area contributed by atoms with Crippen molar-refractivity contribution in [3.63, 3.8) is 0 Å². The lowest BCUT2D eigenvalue weighted by Gasteiger charge is -2.38. The maximum absolute atomic E-state index is 11.0. The maximum atomic E-state index is 11.0. The number of carbonyl (C=O) groups is 2. The molecule has 2 aromatic heterocycles. The van der Waals surface area contributed by atoms with Gasteiger partial charge in [-0.3, -0.25) is 29.4 Å². The van der Waals surface area contributed by atoms with E-state index in [-0.39, 0.29) is 24.7 Å². The summed E-state index contributed by atoms with van der Waals surface area (Å²) in [7, 11) is 0. The largest absolute Gasteiger partial charge is 0.481 e. The number of aliphatic carboxylic acids is 2. The second-order valence-electron chi connectivity index (χ2n) is 15.4. The van der Waals surface area contributed by atoms with Crippen LogP contribution >= 0.6 is 46.3 Å². The van der Waals surface area contributed by atoms with E-state index in [0.29, 0.717) is 10.0 Å². The Morgan fingerprint density at radius 2 is 1.03 bits per heavy atom. The van der Waals surface area contributed by atoms with Crippen molar-refractivity contribution in [2.24, 2.45) is 21.8 Å². The van der Waals surface area contributed by atoms with Crippen LogP contribution in [0.5, 0.6) is 0 Å². The van der Waals surface area contributed by atoms with E-state index < -0.39 is 11.9 Å². The molecule has 0 bridgehead atoms. The van der Waals surface area contributed by atoms with Gasteiger partial charge in [-0.2, -0.15) is 8.75 Å². The zero-order chi connectivity index (χ0) is 39.7. The van der Waals surface area contributed by atoms with Gasteiger partial charge in [0.25, 0.3) is 0 Å². The smallest absolute Gasteiger partial charge is 0.303 e. The first kappa shape index (κ1) is 37.2. The summed E-state index contributed by atoms with van der Waals surface area (Å²) in [6.45, 7) is 4.79. The van der Waals surface area contributed by atoms with E-state index in [0.717, 1.165) is 116 Å². The summed E-state index contributed by atoms with van der Waals surface area (Å²) in [5.41, 5.74) is 10.7. The van der Waals surface area contributed by atoms with Crippen molar-refractivity contribution in [3.8, 4) is 11.1 Å². The second kappa shape index (κ2) is 14.9. The Labute approximate surface area is 351 Å². The fourth-order valence-corrected chi connectivity index (χ4v) is 10.8. The molecule has 0 atom stereocenters. The third-order valence-corrected chi connectivity index (χ3v) is 13.8. The lowest BCUT2D eigenvalue weighted by atomic mass is 9.90. The van der Waals surface area contributed by atoms with Gasteiger partial charge in [0, 0.05) is 95.8 Å². The van der Waals surface area contributed by atoms with Gasteiger partial charge in [0.1, 0.15) is 0 Å². The number of halogens is 2. The molecule has 0 aliphatic carbocycles. The molecule has 4 aliphatic rings. The van der Waals surface area contributed by atoms with Gasteiger partial charge in [-0.05, 0) is 58.2 Å². The minimum absolute atomic E-state index is 0.225. The first-order valence-electron chi connectivity index (χ1n) is 19.0. The maximum Gasteiger partial charge on any atom is 0.303 e. The van der Waals surface area contributed by atoms with Crippen LogP contribution in [0.15, 0.2) is 95.2 Å². The van der Waals surface area contributed by atoms with Crippen molar-refractivity contribution in [1.29, 1.82) is 0 Å². The molecule has 6 aromatic rings. The zero-order valence-electron chi connectivity index (χ0n) is 30.9. The number of aliphatic imine (C=N–C) groups is 2. The number of allylic oxidation sites excluding steroid dienone is 2. The number of carboxylic acids is 2. The molecule has 4 aliphatic heterocycles. The normalized spacial score (nSPS) is 17.2. The van der Waals surface area contributed by atoms with E-state index in [2.05, 4.69) is 56.2 Å². The van der Waals surface area contributed by atoms with E-state index in [4.69, 9.17) is 42.2 Å². The van der Waals surface area contributed by atoms with Crippen LogP contribution in [0, 0.1) is 11.8 Å². The molecule has 2 saturated heterocycles. The molecule has 0 radical (unpaired) electrons. The lowest BCUT2D eigenvalue weighted by Crippen LogP contribution is -2.46. The number of aromatic nitrogens is 2. The number of carboxylic acid groups (broad SMARTS) is 2. The highest BCUT2D eigenvalue weighted by Gasteiger charge is 2.31. The van der Waals surface area contributed by atoms with Crippen LogP contribution in [0.4, 0.5) is 0 Å². The minimum atomic E-state index is -0.735. The summed E-state index contributed by atoms with van der Waals surface area (Å²) in [6.07, 6.45) is 4.13. The van der Waals surface area contributed by atoms with Crippen LogP contribution in [-0.4, -0.2) is 78.3 Å². The van der Waals surface area contributed by atoms with Crippen molar-refractivity contribution in [3.05, 3.63) is 129 Å². The number of fused-ring (bicyclic) bond motifs is 2. The van der Waals surface area contributed by atoms with Crippen LogP contribution in [0.25, 0.3) is 42.4 Å². The van der Waals surface area contributed by atoms with Gasteiger partial charge >= 0.3 is 11.9 Å². The van der Waals surface area contributed by atoms with Gasteiger partial charge < -0.3 is 10.2 Å². The Balaban J connectivity index is 0.847. The summed E-state index contributed by atoms with van der Waals surface area (Å²) in [6, 6.07) is 24.7. The van der Waals surface area contributed by atoms with E-state index in [1.807, 2.05) is 48.8 Å². The minimum Gasteiger partial charge on any atom is -0.481 e.